The van der Waals surface area contributed by atoms with Crippen LogP contribution < -0.4 is 0 Å². The SMILES string of the molecule is CC(C)[C@H]1COC(=O)CN1C. The predicted molar refractivity (Wildman–Crippen MR) is 42.2 cm³/mol. The van der Waals surface area contributed by atoms with Gasteiger partial charge in [0.15, 0.2) is 0 Å². The van der Waals surface area contributed by atoms with Crippen LogP contribution in [0.15, 0.2) is 0 Å². The van der Waals surface area contributed by atoms with Crippen molar-refractivity contribution in [2.45, 2.75) is 19.9 Å². The van der Waals surface area contributed by atoms with E-state index in [9.17, 15) is 4.79 Å². The normalized spacial score (nSPS) is 27.3. The van der Waals surface area contributed by atoms with Gasteiger partial charge in [0.2, 0.25) is 0 Å². The van der Waals surface area contributed by atoms with Crippen LogP contribution >= 0.6 is 0 Å². The minimum Gasteiger partial charge on any atom is -0.463 e. The third-order valence-electron chi connectivity index (χ3n) is 2.13. The summed E-state index contributed by atoms with van der Waals surface area (Å²) in [7, 11) is 1.96. The molecule has 1 saturated heterocycles. The summed E-state index contributed by atoms with van der Waals surface area (Å²) in [5.74, 6) is 0.442. The molecule has 1 rings (SSSR count). The molecule has 0 saturated carbocycles. The molecule has 0 aliphatic carbocycles. The van der Waals surface area contributed by atoms with Crippen LogP contribution in [0.25, 0.3) is 0 Å². The van der Waals surface area contributed by atoms with E-state index in [1.165, 1.54) is 0 Å². The molecule has 1 aliphatic rings. The topological polar surface area (TPSA) is 29.5 Å². The zero-order valence-electron chi connectivity index (χ0n) is 7.33. The van der Waals surface area contributed by atoms with Gasteiger partial charge in [-0.05, 0) is 13.0 Å². The Morgan fingerprint density at radius 3 is 2.73 bits per heavy atom. The van der Waals surface area contributed by atoms with Gasteiger partial charge in [-0.25, -0.2) is 0 Å². The highest BCUT2D eigenvalue weighted by molar-refractivity contribution is 5.72. The summed E-state index contributed by atoms with van der Waals surface area (Å²) < 4.78 is 4.94. The number of hydrogen-bond donors (Lipinski definition) is 0. The maximum absolute atomic E-state index is 10.8. The molecule has 3 nitrogen and oxygen atoms in total. The van der Waals surface area contributed by atoms with Crippen molar-refractivity contribution in [3.05, 3.63) is 0 Å². The Morgan fingerprint density at radius 1 is 1.64 bits per heavy atom. The summed E-state index contributed by atoms with van der Waals surface area (Å²) in [5.41, 5.74) is 0. The average molecular weight is 157 g/mol. The summed E-state index contributed by atoms with van der Waals surface area (Å²) in [6.07, 6.45) is 0. The molecule has 1 heterocycles. The van der Waals surface area contributed by atoms with Crippen LogP contribution in [0.1, 0.15) is 13.8 Å². The van der Waals surface area contributed by atoms with Crippen LogP contribution in [-0.2, 0) is 9.53 Å². The minimum absolute atomic E-state index is 0.107. The number of carbonyl (C=O) groups is 1. The van der Waals surface area contributed by atoms with Gasteiger partial charge in [-0.15, -0.1) is 0 Å². The van der Waals surface area contributed by atoms with Crippen molar-refractivity contribution in [1.29, 1.82) is 0 Å². The standard InChI is InChI=1S/C8H15NO2/c1-6(2)7-5-11-8(10)4-9(7)3/h6-7H,4-5H2,1-3H3/t7-/m1/s1. The van der Waals surface area contributed by atoms with Gasteiger partial charge in [0.05, 0.1) is 6.54 Å². The van der Waals surface area contributed by atoms with E-state index in [2.05, 4.69) is 18.7 Å². The lowest BCUT2D eigenvalue weighted by Crippen LogP contribution is -2.47. The van der Waals surface area contributed by atoms with Gasteiger partial charge in [-0.3, -0.25) is 9.69 Å². The third kappa shape index (κ3) is 1.93. The number of esters is 1. The fraction of sp³-hybridized carbons (Fsp3) is 0.875. The van der Waals surface area contributed by atoms with Crippen LogP contribution in [-0.4, -0.2) is 37.1 Å². The molecule has 64 valence electrons. The fourth-order valence-corrected chi connectivity index (χ4v) is 1.37. The van der Waals surface area contributed by atoms with Gasteiger partial charge in [-0.2, -0.15) is 0 Å². The van der Waals surface area contributed by atoms with Gasteiger partial charge in [0, 0.05) is 6.04 Å². The second-order valence-electron chi connectivity index (χ2n) is 3.41. The first-order valence-corrected chi connectivity index (χ1v) is 3.97. The Balaban J connectivity index is 2.50. The molecule has 11 heavy (non-hydrogen) atoms. The molecule has 0 aromatic heterocycles. The third-order valence-corrected chi connectivity index (χ3v) is 2.13. The van der Waals surface area contributed by atoms with Crippen molar-refractivity contribution in [1.82, 2.24) is 4.90 Å². The highest BCUT2D eigenvalue weighted by Crippen LogP contribution is 2.13. The quantitative estimate of drug-likeness (QED) is 0.519. The highest BCUT2D eigenvalue weighted by Gasteiger charge is 2.26. The largest absolute Gasteiger partial charge is 0.463 e. The lowest BCUT2D eigenvalue weighted by molar-refractivity contribution is -0.154. The summed E-state index contributed by atoms with van der Waals surface area (Å²) in [5, 5.41) is 0. The van der Waals surface area contributed by atoms with Gasteiger partial charge in [0.1, 0.15) is 6.61 Å². The van der Waals surface area contributed by atoms with E-state index in [-0.39, 0.29) is 5.97 Å². The molecule has 0 bridgehead atoms. The summed E-state index contributed by atoms with van der Waals surface area (Å²) in [6, 6.07) is 0.396. The number of hydrogen-bond acceptors (Lipinski definition) is 3. The van der Waals surface area contributed by atoms with Crippen molar-refractivity contribution >= 4 is 5.97 Å². The molecule has 0 unspecified atom stereocenters. The number of carbonyl (C=O) groups excluding carboxylic acids is 1. The Labute approximate surface area is 67.3 Å². The van der Waals surface area contributed by atoms with Crippen molar-refractivity contribution in [2.24, 2.45) is 5.92 Å². The first-order valence-electron chi connectivity index (χ1n) is 3.97. The zero-order valence-corrected chi connectivity index (χ0v) is 7.33. The second kappa shape index (κ2) is 3.22. The van der Waals surface area contributed by atoms with Crippen LogP contribution in [0.3, 0.4) is 0 Å². The highest BCUT2D eigenvalue weighted by atomic mass is 16.5. The Morgan fingerprint density at radius 2 is 2.27 bits per heavy atom. The van der Waals surface area contributed by atoms with Crippen LogP contribution in [0.2, 0.25) is 0 Å². The van der Waals surface area contributed by atoms with Crippen molar-refractivity contribution in [3.8, 4) is 0 Å². The molecule has 0 N–H and O–H groups in total. The Hall–Kier alpha value is -0.570. The first-order chi connectivity index (χ1) is 5.11. The molecular weight excluding hydrogens is 142 g/mol. The molecule has 0 aromatic carbocycles. The molecule has 0 amide bonds. The molecule has 3 heteroatoms. The van der Waals surface area contributed by atoms with Crippen molar-refractivity contribution < 1.29 is 9.53 Å². The second-order valence-corrected chi connectivity index (χ2v) is 3.41. The number of morpholine rings is 1. The summed E-state index contributed by atoms with van der Waals surface area (Å²) in [6.45, 7) is 5.26. The zero-order chi connectivity index (χ0) is 8.43. The molecule has 1 aliphatic heterocycles. The van der Waals surface area contributed by atoms with E-state index in [4.69, 9.17) is 4.74 Å². The maximum atomic E-state index is 10.8. The molecule has 0 spiro atoms. The van der Waals surface area contributed by atoms with Gasteiger partial charge >= 0.3 is 5.97 Å². The van der Waals surface area contributed by atoms with E-state index in [0.717, 1.165) is 0 Å². The Bertz CT molecular complexity index is 156. The van der Waals surface area contributed by atoms with Crippen LogP contribution in [0.5, 0.6) is 0 Å². The lowest BCUT2D eigenvalue weighted by atomic mass is 10.0. The van der Waals surface area contributed by atoms with E-state index in [1.54, 1.807) is 0 Å². The molecule has 1 fully saturated rings. The van der Waals surface area contributed by atoms with E-state index < -0.39 is 0 Å². The van der Waals surface area contributed by atoms with Crippen LogP contribution in [0, 0.1) is 5.92 Å². The van der Waals surface area contributed by atoms with Gasteiger partial charge in [0.25, 0.3) is 0 Å². The fourth-order valence-electron chi connectivity index (χ4n) is 1.37. The summed E-state index contributed by atoms with van der Waals surface area (Å²) >= 11 is 0. The minimum atomic E-state index is -0.107. The average Bonchev–Trinajstić information content (AvgIpc) is 1.85. The van der Waals surface area contributed by atoms with E-state index in [0.29, 0.717) is 25.1 Å². The molecular formula is C8H15NO2. The van der Waals surface area contributed by atoms with Crippen molar-refractivity contribution in [2.75, 3.05) is 20.2 Å². The summed E-state index contributed by atoms with van der Waals surface area (Å²) in [4.78, 5) is 12.8. The first kappa shape index (κ1) is 8.53. The number of rotatable bonds is 1. The lowest BCUT2D eigenvalue weighted by Gasteiger charge is -2.33. The van der Waals surface area contributed by atoms with Crippen molar-refractivity contribution in [3.63, 3.8) is 0 Å². The van der Waals surface area contributed by atoms with E-state index >= 15 is 0 Å². The maximum Gasteiger partial charge on any atom is 0.320 e. The molecule has 1 atom stereocenters. The smallest absolute Gasteiger partial charge is 0.320 e. The number of cyclic esters (lactones) is 1. The number of ether oxygens (including phenoxy) is 1. The number of nitrogens with zero attached hydrogens (tertiary/aromatic N) is 1. The number of likely N-dealkylation sites (N-methyl/N-ethyl adjacent to an activating group) is 1. The van der Waals surface area contributed by atoms with Gasteiger partial charge in [-0.1, -0.05) is 13.8 Å². The van der Waals surface area contributed by atoms with Gasteiger partial charge < -0.3 is 4.74 Å². The molecule has 0 radical (unpaired) electrons. The monoisotopic (exact) mass is 157 g/mol. The predicted octanol–water partition coefficient (Wildman–Crippen LogP) is 0.500. The van der Waals surface area contributed by atoms with Crippen LogP contribution in [0.4, 0.5) is 0 Å². The molecule has 0 aromatic rings. The Kier molecular flexibility index (Phi) is 2.49. The van der Waals surface area contributed by atoms with E-state index in [1.807, 2.05) is 7.05 Å².